The summed E-state index contributed by atoms with van der Waals surface area (Å²) >= 11 is 5.85. The second-order valence-electron chi connectivity index (χ2n) is 5.37. The van der Waals surface area contributed by atoms with Crippen LogP contribution in [0.1, 0.15) is 32.3 Å². The normalized spacial score (nSPS) is 12.1. The molecule has 1 aromatic rings. The highest BCUT2D eigenvalue weighted by atomic mass is 35.5. The third-order valence-corrected chi connectivity index (χ3v) is 3.28. The van der Waals surface area contributed by atoms with Crippen molar-refractivity contribution in [2.24, 2.45) is 5.41 Å². The van der Waals surface area contributed by atoms with Crippen molar-refractivity contribution in [3.05, 3.63) is 28.8 Å². The molecule has 0 aliphatic carbocycles. The monoisotopic (exact) mass is 304 g/mol. The van der Waals surface area contributed by atoms with Gasteiger partial charge in [0.15, 0.2) is 0 Å². The lowest BCUT2D eigenvalue weighted by atomic mass is 9.88. The number of anilines is 1. The van der Waals surface area contributed by atoms with E-state index in [4.69, 9.17) is 16.9 Å². The van der Waals surface area contributed by atoms with E-state index >= 15 is 0 Å². The van der Waals surface area contributed by atoms with E-state index in [1.54, 1.807) is 0 Å². The van der Waals surface area contributed by atoms with Gasteiger partial charge in [-0.3, -0.25) is 0 Å². The van der Waals surface area contributed by atoms with Gasteiger partial charge in [-0.1, -0.05) is 25.4 Å². The quantitative estimate of drug-likeness (QED) is 0.821. The van der Waals surface area contributed by atoms with Gasteiger partial charge in [0.25, 0.3) is 0 Å². The van der Waals surface area contributed by atoms with Crippen molar-refractivity contribution < 1.29 is 13.2 Å². The molecular formula is C14H16ClF3N2. The van der Waals surface area contributed by atoms with Crippen LogP contribution in [0.5, 0.6) is 0 Å². The van der Waals surface area contributed by atoms with E-state index in [0.717, 1.165) is 12.1 Å². The van der Waals surface area contributed by atoms with Crippen LogP contribution < -0.4 is 5.32 Å². The van der Waals surface area contributed by atoms with Crippen molar-refractivity contribution >= 4 is 17.3 Å². The van der Waals surface area contributed by atoms with Crippen LogP contribution in [0.25, 0.3) is 0 Å². The van der Waals surface area contributed by atoms with Gasteiger partial charge < -0.3 is 5.32 Å². The fourth-order valence-electron chi connectivity index (χ4n) is 1.65. The summed E-state index contributed by atoms with van der Waals surface area (Å²) in [6.45, 7) is 4.49. The Balaban J connectivity index is 2.73. The predicted octanol–water partition coefficient (Wildman–Crippen LogP) is 5.10. The average molecular weight is 305 g/mol. The summed E-state index contributed by atoms with van der Waals surface area (Å²) in [5.41, 5.74) is -0.441. The van der Waals surface area contributed by atoms with Gasteiger partial charge >= 0.3 is 6.18 Å². The first kappa shape index (κ1) is 16.6. The Bertz CT molecular complexity index is 504. The lowest BCUT2D eigenvalue weighted by Gasteiger charge is -2.25. The standard InChI is InChI=1S/C14H16ClF3N2/c1-13(2,6-3-7-19)9-20-12-5-4-10(8-11(12)15)14(16,17)18/h4-5,8,20H,3,6,9H2,1-2H3. The van der Waals surface area contributed by atoms with Crippen LogP contribution in [0.2, 0.25) is 5.02 Å². The smallest absolute Gasteiger partial charge is 0.383 e. The largest absolute Gasteiger partial charge is 0.416 e. The van der Waals surface area contributed by atoms with Crippen LogP contribution in [0, 0.1) is 16.7 Å². The Morgan fingerprint density at radius 2 is 1.95 bits per heavy atom. The summed E-state index contributed by atoms with van der Waals surface area (Å²) in [5, 5.41) is 11.6. The van der Waals surface area contributed by atoms with E-state index in [-0.39, 0.29) is 10.4 Å². The maximum absolute atomic E-state index is 12.5. The first-order valence-corrected chi connectivity index (χ1v) is 6.51. The zero-order chi connectivity index (χ0) is 15.4. The third kappa shape index (κ3) is 4.93. The van der Waals surface area contributed by atoms with Crippen molar-refractivity contribution in [2.45, 2.75) is 32.9 Å². The molecule has 0 fully saturated rings. The lowest BCUT2D eigenvalue weighted by molar-refractivity contribution is -0.137. The van der Waals surface area contributed by atoms with Gasteiger partial charge in [-0.05, 0) is 30.0 Å². The first-order valence-electron chi connectivity index (χ1n) is 6.13. The molecule has 0 atom stereocenters. The minimum atomic E-state index is -4.39. The van der Waals surface area contributed by atoms with Gasteiger partial charge in [-0.2, -0.15) is 18.4 Å². The third-order valence-electron chi connectivity index (χ3n) is 2.97. The van der Waals surface area contributed by atoms with E-state index in [1.165, 1.54) is 6.07 Å². The molecule has 110 valence electrons. The molecule has 1 N–H and O–H groups in total. The highest BCUT2D eigenvalue weighted by Gasteiger charge is 2.31. The van der Waals surface area contributed by atoms with E-state index < -0.39 is 11.7 Å². The van der Waals surface area contributed by atoms with Gasteiger partial charge in [-0.15, -0.1) is 0 Å². The molecule has 20 heavy (non-hydrogen) atoms. The molecule has 0 amide bonds. The van der Waals surface area contributed by atoms with Crippen LogP contribution in [0.3, 0.4) is 0 Å². The van der Waals surface area contributed by atoms with Crippen LogP contribution in [0.15, 0.2) is 18.2 Å². The van der Waals surface area contributed by atoms with E-state index in [2.05, 4.69) is 11.4 Å². The van der Waals surface area contributed by atoms with Crippen LogP contribution >= 0.6 is 11.6 Å². The van der Waals surface area contributed by atoms with Gasteiger partial charge in [-0.25, -0.2) is 0 Å². The summed E-state index contributed by atoms with van der Waals surface area (Å²) in [7, 11) is 0. The Kier molecular flexibility index (Phi) is 5.29. The molecule has 0 aliphatic heterocycles. The van der Waals surface area contributed by atoms with Crippen molar-refractivity contribution in [1.29, 1.82) is 5.26 Å². The fraction of sp³-hybridized carbons (Fsp3) is 0.500. The molecule has 0 unspecified atom stereocenters. The summed E-state index contributed by atoms with van der Waals surface area (Å²) < 4.78 is 37.5. The zero-order valence-electron chi connectivity index (χ0n) is 11.3. The van der Waals surface area contributed by atoms with Crippen molar-refractivity contribution in [3.8, 4) is 6.07 Å². The summed E-state index contributed by atoms with van der Waals surface area (Å²) in [4.78, 5) is 0. The maximum atomic E-state index is 12.5. The SMILES string of the molecule is CC(C)(CCC#N)CNc1ccc(C(F)(F)F)cc1Cl. The summed E-state index contributed by atoms with van der Waals surface area (Å²) in [5.74, 6) is 0. The van der Waals surface area contributed by atoms with Gasteiger partial charge in [0.05, 0.1) is 22.3 Å². The van der Waals surface area contributed by atoms with E-state index in [0.29, 0.717) is 25.1 Å². The molecule has 0 saturated carbocycles. The Morgan fingerprint density at radius 3 is 2.45 bits per heavy atom. The van der Waals surface area contributed by atoms with E-state index in [9.17, 15) is 13.2 Å². The molecule has 1 aromatic carbocycles. The number of nitrogens with one attached hydrogen (secondary N) is 1. The number of nitriles is 1. The van der Waals surface area contributed by atoms with Gasteiger partial charge in [0.1, 0.15) is 0 Å². The molecule has 6 heteroatoms. The highest BCUT2D eigenvalue weighted by molar-refractivity contribution is 6.33. The molecule has 0 saturated heterocycles. The number of hydrogen-bond donors (Lipinski definition) is 1. The number of benzene rings is 1. The number of hydrogen-bond acceptors (Lipinski definition) is 2. The molecule has 2 nitrogen and oxygen atoms in total. The van der Waals surface area contributed by atoms with Gasteiger partial charge in [0, 0.05) is 13.0 Å². The Labute approximate surface area is 121 Å². The average Bonchev–Trinajstić information content (AvgIpc) is 2.34. The summed E-state index contributed by atoms with van der Waals surface area (Å²) in [6, 6.07) is 5.31. The minimum absolute atomic E-state index is 0.0379. The maximum Gasteiger partial charge on any atom is 0.416 e. The molecular weight excluding hydrogens is 289 g/mol. The van der Waals surface area contributed by atoms with Crippen LogP contribution in [-0.2, 0) is 6.18 Å². The number of rotatable bonds is 5. The molecule has 0 bridgehead atoms. The topological polar surface area (TPSA) is 35.8 Å². The van der Waals surface area contributed by atoms with E-state index in [1.807, 2.05) is 13.8 Å². The molecule has 0 radical (unpaired) electrons. The fourth-order valence-corrected chi connectivity index (χ4v) is 1.90. The van der Waals surface area contributed by atoms with Gasteiger partial charge in [0.2, 0.25) is 0 Å². The predicted molar refractivity (Wildman–Crippen MR) is 73.6 cm³/mol. The molecule has 0 aliphatic rings. The molecule has 1 rings (SSSR count). The number of nitrogens with zero attached hydrogens (tertiary/aromatic N) is 1. The van der Waals surface area contributed by atoms with Crippen molar-refractivity contribution in [2.75, 3.05) is 11.9 Å². The zero-order valence-corrected chi connectivity index (χ0v) is 12.1. The molecule has 0 aromatic heterocycles. The number of alkyl halides is 3. The second kappa shape index (κ2) is 6.36. The minimum Gasteiger partial charge on any atom is -0.383 e. The second-order valence-corrected chi connectivity index (χ2v) is 5.78. The molecule has 0 spiro atoms. The Hall–Kier alpha value is -1.41. The van der Waals surface area contributed by atoms with Crippen LogP contribution in [0.4, 0.5) is 18.9 Å². The van der Waals surface area contributed by atoms with Crippen LogP contribution in [-0.4, -0.2) is 6.54 Å². The summed E-state index contributed by atoms with van der Waals surface area (Å²) in [6.07, 6.45) is -3.25. The molecule has 0 heterocycles. The number of halogens is 4. The Morgan fingerprint density at radius 1 is 1.30 bits per heavy atom. The van der Waals surface area contributed by atoms with Crippen molar-refractivity contribution in [1.82, 2.24) is 0 Å². The highest BCUT2D eigenvalue weighted by Crippen LogP contribution is 2.34. The lowest BCUT2D eigenvalue weighted by Crippen LogP contribution is -2.23. The first-order chi connectivity index (χ1) is 9.15. The van der Waals surface area contributed by atoms with Crippen molar-refractivity contribution in [3.63, 3.8) is 0 Å².